The number of benzene rings is 1. The average molecular weight is 509 g/mol. The molecule has 9 heteroatoms. The lowest BCUT2D eigenvalue weighted by atomic mass is 10.0. The molecule has 1 amide bonds. The van der Waals surface area contributed by atoms with Gasteiger partial charge in [0.25, 0.3) is 5.91 Å². The summed E-state index contributed by atoms with van der Waals surface area (Å²) in [5.74, 6) is 1.10. The predicted octanol–water partition coefficient (Wildman–Crippen LogP) is 3.83. The van der Waals surface area contributed by atoms with E-state index in [0.717, 1.165) is 63.1 Å². The van der Waals surface area contributed by atoms with Crippen LogP contribution in [0.2, 0.25) is 5.02 Å². The molecule has 0 aliphatic carbocycles. The number of rotatable bonds is 7. The van der Waals surface area contributed by atoms with Crippen molar-refractivity contribution >= 4 is 23.3 Å². The lowest BCUT2D eigenvalue weighted by molar-refractivity contribution is 0.0942. The fraction of sp³-hybridized carbons (Fsp3) is 0.444. The summed E-state index contributed by atoms with van der Waals surface area (Å²) in [6, 6.07) is 14.4. The standard InChI is InChI=1S/C27H33ClN6O2/c28-23-6-2-1-5-21(23)20-32-14-9-22(10-15-32)33-12-4-13-34(17-16-33)25-8-3-7-24(31-25)27(35)30-19-26-29-11-18-36-26/h1-3,5-8,11,18,22H,4,9-10,12-17,19-20H2,(H,30,35). The maximum atomic E-state index is 12.6. The Labute approximate surface area is 217 Å². The van der Waals surface area contributed by atoms with Crippen molar-refractivity contribution < 1.29 is 9.21 Å². The number of likely N-dealkylation sites (tertiary alicyclic amines) is 1. The summed E-state index contributed by atoms with van der Waals surface area (Å²) in [4.78, 5) is 28.7. The number of carbonyl (C=O) groups is 1. The summed E-state index contributed by atoms with van der Waals surface area (Å²) in [6.07, 6.45) is 6.51. The molecule has 1 aromatic carbocycles. The molecule has 0 unspecified atom stereocenters. The highest BCUT2D eigenvalue weighted by molar-refractivity contribution is 6.31. The fourth-order valence-corrected chi connectivity index (χ4v) is 5.35. The van der Waals surface area contributed by atoms with Gasteiger partial charge >= 0.3 is 0 Å². The number of oxazole rings is 1. The molecule has 8 nitrogen and oxygen atoms in total. The molecule has 190 valence electrons. The second kappa shape index (κ2) is 11.9. The number of carbonyl (C=O) groups excluding carboxylic acids is 1. The molecule has 2 fully saturated rings. The summed E-state index contributed by atoms with van der Waals surface area (Å²) >= 11 is 6.37. The minimum absolute atomic E-state index is 0.227. The van der Waals surface area contributed by atoms with E-state index in [2.05, 4.69) is 42.1 Å². The number of nitrogens with one attached hydrogen (secondary N) is 1. The van der Waals surface area contributed by atoms with Gasteiger partial charge in [-0.15, -0.1) is 0 Å². The van der Waals surface area contributed by atoms with Crippen LogP contribution in [0.1, 0.15) is 41.2 Å². The molecule has 2 aromatic heterocycles. The maximum absolute atomic E-state index is 12.6. The van der Waals surface area contributed by atoms with Crippen molar-refractivity contribution in [1.29, 1.82) is 0 Å². The number of piperidine rings is 1. The van der Waals surface area contributed by atoms with Gasteiger partial charge in [-0.2, -0.15) is 0 Å². The third kappa shape index (κ3) is 6.24. The molecule has 5 rings (SSSR count). The Morgan fingerprint density at radius 3 is 2.69 bits per heavy atom. The fourth-order valence-electron chi connectivity index (χ4n) is 5.15. The van der Waals surface area contributed by atoms with Crippen LogP contribution in [0.5, 0.6) is 0 Å². The van der Waals surface area contributed by atoms with Gasteiger partial charge in [0.15, 0.2) is 0 Å². The molecule has 0 saturated carbocycles. The minimum Gasteiger partial charge on any atom is -0.447 e. The van der Waals surface area contributed by atoms with Crippen molar-refractivity contribution in [2.75, 3.05) is 44.2 Å². The van der Waals surface area contributed by atoms with Crippen molar-refractivity contribution in [2.45, 2.75) is 38.4 Å². The van der Waals surface area contributed by atoms with Gasteiger partial charge in [-0.25, -0.2) is 9.97 Å². The van der Waals surface area contributed by atoms with E-state index >= 15 is 0 Å². The highest BCUT2D eigenvalue weighted by Gasteiger charge is 2.27. The molecular weight excluding hydrogens is 476 g/mol. The highest BCUT2D eigenvalue weighted by Crippen LogP contribution is 2.23. The quantitative estimate of drug-likeness (QED) is 0.519. The van der Waals surface area contributed by atoms with Crippen LogP contribution in [0.4, 0.5) is 5.82 Å². The topological polar surface area (TPSA) is 77.7 Å². The van der Waals surface area contributed by atoms with Crippen LogP contribution in [0.15, 0.2) is 59.3 Å². The Hall–Kier alpha value is -2.94. The molecule has 36 heavy (non-hydrogen) atoms. The number of hydrogen-bond acceptors (Lipinski definition) is 7. The molecule has 1 N–H and O–H groups in total. The Morgan fingerprint density at radius 1 is 1.03 bits per heavy atom. The van der Waals surface area contributed by atoms with E-state index in [-0.39, 0.29) is 12.5 Å². The van der Waals surface area contributed by atoms with E-state index in [4.69, 9.17) is 16.0 Å². The molecule has 0 atom stereocenters. The summed E-state index contributed by atoms with van der Waals surface area (Å²) < 4.78 is 5.18. The van der Waals surface area contributed by atoms with Gasteiger partial charge in [-0.3, -0.25) is 14.6 Å². The Kier molecular flexibility index (Phi) is 8.15. The summed E-state index contributed by atoms with van der Waals surface area (Å²) in [5, 5.41) is 3.68. The lowest BCUT2D eigenvalue weighted by Gasteiger charge is -2.38. The van der Waals surface area contributed by atoms with Gasteiger partial charge in [0.2, 0.25) is 5.89 Å². The van der Waals surface area contributed by atoms with E-state index in [9.17, 15) is 4.79 Å². The molecule has 2 saturated heterocycles. The molecule has 4 heterocycles. The van der Waals surface area contributed by atoms with Crippen LogP contribution in [0.25, 0.3) is 0 Å². The zero-order chi connectivity index (χ0) is 24.7. The van der Waals surface area contributed by atoms with Crippen LogP contribution in [-0.2, 0) is 13.1 Å². The van der Waals surface area contributed by atoms with Gasteiger partial charge < -0.3 is 14.6 Å². The van der Waals surface area contributed by atoms with Crippen LogP contribution in [-0.4, -0.2) is 71.0 Å². The number of anilines is 1. The number of amides is 1. The van der Waals surface area contributed by atoms with Crippen LogP contribution in [0, 0.1) is 0 Å². The van der Waals surface area contributed by atoms with Gasteiger partial charge in [-0.05, 0) is 56.1 Å². The molecule has 3 aromatic rings. The summed E-state index contributed by atoms with van der Waals surface area (Å²) in [5.41, 5.74) is 1.62. The van der Waals surface area contributed by atoms with E-state index in [1.807, 2.05) is 24.3 Å². The Morgan fingerprint density at radius 2 is 1.89 bits per heavy atom. The van der Waals surface area contributed by atoms with E-state index in [0.29, 0.717) is 17.6 Å². The van der Waals surface area contributed by atoms with Crippen LogP contribution < -0.4 is 10.2 Å². The Balaban J connectivity index is 1.12. The van der Waals surface area contributed by atoms with Crippen LogP contribution >= 0.6 is 11.6 Å². The molecule has 0 bridgehead atoms. The number of pyridine rings is 1. The van der Waals surface area contributed by atoms with E-state index in [1.54, 1.807) is 12.3 Å². The number of aromatic nitrogens is 2. The molecule has 2 aliphatic heterocycles. The summed E-state index contributed by atoms with van der Waals surface area (Å²) in [7, 11) is 0. The smallest absolute Gasteiger partial charge is 0.270 e. The monoisotopic (exact) mass is 508 g/mol. The zero-order valence-electron chi connectivity index (χ0n) is 20.5. The van der Waals surface area contributed by atoms with Gasteiger partial charge in [0.1, 0.15) is 17.8 Å². The lowest BCUT2D eigenvalue weighted by Crippen LogP contribution is -2.46. The zero-order valence-corrected chi connectivity index (χ0v) is 21.2. The maximum Gasteiger partial charge on any atom is 0.270 e. The molecular formula is C27H33ClN6O2. The first-order valence-electron chi connectivity index (χ1n) is 12.7. The first-order chi connectivity index (χ1) is 17.7. The van der Waals surface area contributed by atoms with Gasteiger partial charge in [0, 0.05) is 43.8 Å². The average Bonchev–Trinajstić information content (AvgIpc) is 3.32. The van der Waals surface area contributed by atoms with Crippen molar-refractivity contribution in [3.8, 4) is 0 Å². The largest absolute Gasteiger partial charge is 0.447 e. The van der Waals surface area contributed by atoms with Crippen molar-refractivity contribution in [2.24, 2.45) is 0 Å². The van der Waals surface area contributed by atoms with Crippen molar-refractivity contribution in [3.63, 3.8) is 0 Å². The van der Waals surface area contributed by atoms with Crippen LogP contribution in [0.3, 0.4) is 0 Å². The minimum atomic E-state index is -0.227. The normalized spacial score (nSPS) is 18.2. The highest BCUT2D eigenvalue weighted by atomic mass is 35.5. The SMILES string of the molecule is O=C(NCc1ncco1)c1cccc(N2CCCN(C3CCN(Cc4ccccc4Cl)CC3)CC2)n1. The molecule has 2 aliphatic rings. The molecule has 0 spiro atoms. The number of nitrogens with zero attached hydrogens (tertiary/aromatic N) is 5. The van der Waals surface area contributed by atoms with Crippen molar-refractivity contribution in [1.82, 2.24) is 25.1 Å². The second-order valence-corrected chi connectivity index (χ2v) is 9.87. The van der Waals surface area contributed by atoms with Gasteiger partial charge in [-0.1, -0.05) is 35.9 Å². The Bertz CT molecular complexity index is 1130. The second-order valence-electron chi connectivity index (χ2n) is 9.46. The third-order valence-corrected chi connectivity index (χ3v) is 7.50. The number of halogens is 1. The number of hydrogen-bond donors (Lipinski definition) is 1. The first-order valence-corrected chi connectivity index (χ1v) is 13.1. The van der Waals surface area contributed by atoms with Gasteiger partial charge in [0.05, 0.1) is 12.7 Å². The first kappa shape index (κ1) is 24.7. The van der Waals surface area contributed by atoms with E-state index in [1.165, 1.54) is 24.7 Å². The summed E-state index contributed by atoms with van der Waals surface area (Å²) in [6.45, 7) is 7.33. The predicted molar refractivity (Wildman–Crippen MR) is 140 cm³/mol. The third-order valence-electron chi connectivity index (χ3n) is 7.13. The van der Waals surface area contributed by atoms with Crippen molar-refractivity contribution in [3.05, 3.63) is 77.1 Å². The molecule has 0 radical (unpaired) electrons. The van der Waals surface area contributed by atoms with E-state index < -0.39 is 0 Å².